The maximum absolute atomic E-state index is 12.0. The van der Waals surface area contributed by atoms with E-state index < -0.39 is 18.8 Å². The zero-order valence-electron chi connectivity index (χ0n) is 11.7. The van der Waals surface area contributed by atoms with Crippen LogP contribution < -0.4 is 0 Å². The number of aliphatic carboxylic acids is 1. The van der Waals surface area contributed by atoms with Crippen LogP contribution in [0.2, 0.25) is 0 Å². The molecule has 0 saturated carbocycles. The lowest BCUT2D eigenvalue weighted by atomic mass is 9.97. The summed E-state index contributed by atoms with van der Waals surface area (Å²) in [4.78, 5) is 24.2. The van der Waals surface area contributed by atoms with Gasteiger partial charge in [0.05, 0.1) is 13.0 Å². The van der Waals surface area contributed by atoms with Gasteiger partial charge in [-0.1, -0.05) is 0 Å². The van der Waals surface area contributed by atoms with E-state index in [1.165, 1.54) is 0 Å². The Kier molecular flexibility index (Phi) is 6.94. The minimum atomic E-state index is -4.39. The van der Waals surface area contributed by atoms with Gasteiger partial charge in [0.1, 0.15) is 6.61 Å². The van der Waals surface area contributed by atoms with Crippen LogP contribution in [0.5, 0.6) is 0 Å². The molecular weight excluding hydrogens is 291 g/mol. The van der Waals surface area contributed by atoms with Crippen molar-refractivity contribution in [2.75, 3.05) is 19.8 Å². The van der Waals surface area contributed by atoms with Crippen LogP contribution in [-0.2, 0) is 14.3 Å². The molecule has 0 aliphatic carbocycles. The minimum Gasteiger partial charge on any atom is -0.481 e. The lowest BCUT2D eigenvalue weighted by Crippen LogP contribution is -2.44. The Labute approximate surface area is 121 Å². The number of carboxylic acids is 1. The summed E-state index contributed by atoms with van der Waals surface area (Å²) in [6.07, 6.45) is -1.64. The molecule has 0 aromatic rings. The van der Waals surface area contributed by atoms with Gasteiger partial charge in [0.25, 0.3) is 0 Å². The number of likely N-dealkylation sites (tertiary alicyclic amines) is 1. The number of amides is 1. The molecular formula is C13H20F3NO4. The van der Waals surface area contributed by atoms with Crippen molar-refractivity contribution < 1.29 is 32.6 Å². The van der Waals surface area contributed by atoms with Gasteiger partial charge in [-0.2, -0.15) is 13.2 Å². The number of ether oxygens (including phenoxy) is 1. The minimum absolute atomic E-state index is 0.0149. The van der Waals surface area contributed by atoms with Gasteiger partial charge in [-0.05, 0) is 25.7 Å². The highest BCUT2D eigenvalue weighted by Gasteiger charge is 2.29. The van der Waals surface area contributed by atoms with Gasteiger partial charge >= 0.3 is 12.1 Å². The summed E-state index contributed by atoms with van der Waals surface area (Å²) in [5, 5.41) is 8.69. The van der Waals surface area contributed by atoms with Crippen LogP contribution in [0.3, 0.4) is 0 Å². The fraction of sp³-hybridized carbons (Fsp3) is 0.846. The first-order chi connectivity index (χ1) is 9.79. The Balaban J connectivity index is 2.36. The number of carbonyl (C=O) groups is 2. The highest BCUT2D eigenvalue weighted by atomic mass is 19.4. The van der Waals surface area contributed by atoms with E-state index in [1.54, 1.807) is 4.90 Å². The Hall–Kier alpha value is -1.31. The van der Waals surface area contributed by atoms with E-state index in [1.807, 2.05) is 0 Å². The number of carbonyl (C=O) groups excluding carboxylic acids is 1. The normalized spacial score (nSPS) is 19.6. The third-order valence-corrected chi connectivity index (χ3v) is 3.36. The monoisotopic (exact) mass is 311 g/mol. The zero-order chi connectivity index (χ0) is 15.9. The molecule has 1 rings (SSSR count). The third kappa shape index (κ3) is 7.31. The molecule has 0 spiro atoms. The molecule has 0 aromatic heterocycles. The van der Waals surface area contributed by atoms with Gasteiger partial charge in [0.15, 0.2) is 0 Å². The highest BCUT2D eigenvalue weighted by Crippen LogP contribution is 2.22. The topological polar surface area (TPSA) is 66.8 Å². The van der Waals surface area contributed by atoms with Gasteiger partial charge in [-0.25, -0.2) is 0 Å². The van der Waals surface area contributed by atoms with Gasteiger partial charge < -0.3 is 14.7 Å². The number of alkyl halides is 3. The average Bonchev–Trinajstić information content (AvgIpc) is 2.40. The van der Waals surface area contributed by atoms with Crippen molar-refractivity contribution in [1.82, 2.24) is 4.90 Å². The molecule has 1 amide bonds. The smallest absolute Gasteiger partial charge is 0.411 e. The Morgan fingerprint density at radius 1 is 1.24 bits per heavy atom. The number of piperidine rings is 1. The van der Waals surface area contributed by atoms with Crippen LogP contribution in [0.15, 0.2) is 0 Å². The average molecular weight is 311 g/mol. The van der Waals surface area contributed by atoms with E-state index in [0.717, 1.165) is 19.3 Å². The predicted molar refractivity (Wildman–Crippen MR) is 67.7 cm³/mol. The summed E-state index contributed by atoms with van der Waals surface area (Å²) >= 11 is 0. The summed E-state index contributed by atoms with van der Waals surface area (Å²) in [5.74, 6) is -1.19. The molecule has 5 nitrogen and oxygen atoms in total. The lowest BCUT2D eigenvalue weighted by molar-refractivity contribution is -0.175. The molecule has 0 aromatic carbocycles. The van der Waals surface area contributed by atoms with Gasteiger partial charge in [-0.3, -0.25) is 9.59 Å². The van der Waals surface area contributed by atoms with E-state index in [9.17, 15) is 22.8 Å². The molecule has 1 saturated heterocycles. The summed E-state index contributed by atoms with van der Waals surface area (Å²) in [7, 11) is 0. The molecule has 1 fully saturated rings. The summed E-state index contributed by atoms with van der Waals surface area (Å²) in [5.41, 5.74) is 0. The van der Waals surface area contributed by atoms with Crippen molar-refractivity contribution in [3.63, 3.8) is 0 Å². The molecule has 1 atom stereocenters. The standard InChI is InChI=1S/C13H20F3NO4/c14-13(15,16)9-21-8-6-11(18)17-7-2-1-3-10(17)4-5-12(19)20/h10H,1-9H2,(H,19,20)/t10-/m1/s1. The van der Waals surface area contributed by atoms with Crippen molar-refractivity contribution in [3.8, 4) is 0 Å². The molecule has 1 aliphatic rings. The van der Waals surface area contributed by atoms with E-state index in [2.05, 4.69) is 4.74 Å². The molecule has 8 heteroatoms. The quantitative estimate of drug-likeness (QED) is 0.732. The van der Waals surface area contributed by atoms with E-state index >= 15 is 0 Å². The number of rotatable bonds is 7. The van der Waals surface area contributed by atoms with Crippen molar-refractivity contribution in [2.45, 2.75) is 50.7 Å². The molecule has 1 aliphatic heterocycles. The van der Waals surface area contributed by atoms with Crippen LogP contribution >= 0.6 is 0 Å². The van der Waals surface area contributed by atoms with Crippen molar-refractivity contribution in [3.05, 3.63) is 0 Å². The molecule has 0 unspecified atom stereocenters. The molecule has 1 heterocycles. The third-order valence-electron chi connectivity index (χ3n) is 3.36. The number of hydrogen-bond acceptors (Lipinski definition) is 3. The second kappa shape index (κ2) is 8.21. The molecule has 1 N–H and O–H groups in total. The largest absolute Gasteiger partial charge is 0.481 e. The van der Waals surface area contributed by atoms with Crippen LogP contribution in [0.25, 0.3) is 0 Å². The maximum Gasteiger partial charge on any atom is 0.411 e. The highest BCUT2D eigenvalue weighted by molar-refractivity contribution is 5.76. The number of nitrogens with zero attached hydrogens (tertiary/aromatic N) is 1. The molecule has 122 valence electrons. The van der Waals surface area contributed by atoms with E-state index in [4.69, 9.17) is 5.11 Å². The summed E-state index contributed by atoms with van der Waals surface area (Å²) in [6, 6.07) is -0.134. The second-order valence-corrected chi connectivity index (χ2v) is 5.09. The van der Waals surface area contributed by atoms with Crippen LogP contribution in [0.4, 0.5) is 13.2 Å². The first-order valence-corrected chi connectivity index (χ1v) is 6.95. The number of hydrogen-bond donors (Lipinski definition) is 1. The Morgan fingerprint density at radius 2 is 1.95 bits per heavy atom. The fourth-order valence-corrected chi connectivity index (χ4v) is 2.41. The fourth-order valence-electron chi connectivity index (χ4n) is 2.41. The Morgan fingerprint density at radius 3 is 2.57 bits per heavy atom. The predicted octanol–water partition coefficient (Wildman–Crippen LogP) is 2.20. The van der Waals surface area contributed by atoms with E-state index in [-0.39, 0.29) is 31.4 Å². The second-order valence-electron chi connectivity index (χ2n) is 5.09. The maximum atomic E-state index is 12.0. The summed E-state index contributed by atoms with van der Waals surface area (Å²) in [6.45, 7) is -1.11. The first-order valence-electron chi connectivity index (χ1n) is 6.95. The van der Waals surface area contributed by atoms with Gasteiger partial charge in [0, 0.05) is 19.0 Å². The molecule has 21 heavy (non-hydrogen) atoms. The van der Waals surface area contributed by atoms with Gasteiger partial charge in [0.2, 0.25) is 5.91 Å². The van der Waals surface area contributed by atoms with Crippen molar-refractivity contribution >= 4 is 11.9 Å². The van der Waals surface area contributed by atoms with Crippen molar-refractivity contribution in [1.29, 1.82) is 0 Å². The molecule has 0 bridgehead atoms. The number of halogens is 3. The lowest BCUT2D eigenvalue weighted by Gasteiger charge is -2.35. The van der Waals surface area contributed by atoms with Crippen LogP contribution in [-0.4, -0.2) is 53.9 Å². The SMILES string of the molecule is O=C(O)CC[C@H]1CCCCN1C(=O)CCOCC(F)(F)F. The zero-order valence-corrected chi connectivity index (χ0v) is 11.7. The van der Waals surface area contributed by atoms with E-state index in [0.29, 0.717) is 13.0 Å². The number of carboxylic acid groups (broad SMARTS) is 1. The van der Waals surface area contributed by atoms with Gasteiger partial charge in [-0.15, -0.1) is 0 Å². The Bertz CT molecular complexity index is 360. The summed E-state index contributed by atoms with van der Waals surface area (Å²) < 4.78 is 40.1. The first kappa shape index (κ1) is 17.7. The van der Waals surface area contributed by atoms with Crippen molar-refractivity contribution in [2.24, 2.45) is 0 Å². The van der Waals surface area contributed by atoms with Crippen LogP contribution in [0.1, 0.15) is 38.5 Å². The van der Waals surface area contributed by atoms with Crippen LogP contribution in [0, 0.1) is 0 Å². The molecule has 0 radical (unpaired) electrons.